The predicted octanol–water partition coefficient (Wildman–Crippen LogP) is 5.40. The third-order valence-corrected chi connectivity index (χ3v) is 5.27. The molecule has 4 heteroatoms. The number of carbonyl (C=O) groups is 1. The van der Waals surface area contributed by atoms with Crippen LogP contribution >= 0.6 is 0 Å². The van der Waals surface area contributed by atoms with Gasteiger partial charge in [-0.15, -0.1) is 0 Å². The molecule has 1 aromatic rings. The van der Waals surface area contributed by atoms with E-state index in [4.69, 9.17) is 0 Å². The van der Waals surface area contributed by atoms with Crippen LogP contribution in [0, 0.1) is 0 Å². The van der Waals surface area contributed by atoms with Crippen molar-refractivity contribution in [2.45, 2.75) is 96.1 Å². The van der Waals surface area contributed by atoms with E-state index in [2.05, 4.69) is 12.2 Å². The van der Waals surface area contributed by atoms with Crippen LogP contribution in [-0.4, -0.2) is 34.9 Å². The topological polar surface area (TPSA) is 69.6 Å². The molecule has 0 radical (unpaired) electrons. The van der Waals surface area contributed by atoms with Crippen molar-refractivity contribution in [2.24, 2.45) is 0 Å². The summed E-state index contributed by atoms with van der Waals surface area (Å²) in [6.07, 6.45) is 18.1. The summed E-state index contributed by atoms with van der Waals surface area (Å²) in [7, 11) is 0. The van der Waals surface area contributed by atoms with Crippen LogP contribution in [0.4, 0.5) is 0 Å². The second-order valence-electron chi connectivity index (χ2n) is 7.87. The van der Waals surface area contributed by atoms with Gasteiger partial charge in [-0.25, -0.2) is 0 Å². The number of hydrogen-bond donors (Lipinski definition) is 3. The van der Waals surface area contributed by atoms with E-state index in [1.807, 2.05) is 12.1 Å². The van der Waals surface area contributed by atoms with Crippen molar-refractivity contribution in [1.82, 2.24) is 5.32 Å². The molecule has 0 saturated carbocycles. The first-order valence-corrected chi connectivity index (χ1v) is 11.5. The number of amides is 1. The number of hydrogen-bond acceptors (Lipinski definition) is 3. The Morgan fingerprint density at radius 2 is 1.48 bits per heavy atom. The fourth-order valence-electron chi connectivity index (χ4n) is 3.38. The van der Waals surface area contributed by atoms with Crippen LogP contribution in [0.3, 0.4) is 0 Å². The van der Waals surface area contributed by atoms with Gasteiger partial charge in [-0.05, 0) is 25.0 Å². The molecule has 0 bridgehead atoms. The summed E-state index contributed by atoms with van der Waals surface area (Å²) in [4.78, 5) is 12.1. The number of nitrogens with one attached hydrogen (secondary N) is 1. The standard InChI is InChI=1S/C25H41NO3/c1-2-3-4-5-6-7-8-9-10-11-12-13-17-20-24(28)23(21-27)26-25(29)22-18-15-14-16-19-22/h14-20,23-24,27-28H,2-13,21H2,1H3,(H,26,29)/b20-17+/t23-,24+/m0/s1. The van der Waals surface area contributed by atoms with E-state index in [0.29, 0.717) is 5.56 Å². The van der Waals surface area contributed by atoms with Crippen molar-refractivity contribution in [3.05, 3.63) is 48.0 Å². The molecule has 0 aromatic heterocycles. The maximum absolute atomic E-state index is 12.1. The summed E-state index contributed by atoms with van der Waals surface area (Å²) in [5.74, 6) is -0.289. The van der Waals surface area contributed by atoms with Crippen LogP contribution in [-0.2, 0) is 0 Å². The average molecular weight is 404 g/mol. The smallest absolute Gasteiger partial charge is 0.251 e. The number of aliphatic hydroxyl groups is 2. The summed E-state index contributed by atoms with van der Waals surface area (Å²) in [5.41, 5.74) is 0.517. The minimum absolute atomic E-state index is 0.289. The van der Waals surface area contributed by atoms with Crippen LogP contribution in [0.1, 0.15) is 94.3 Å². The lowest BCUT2D eigenvalue weighted by molar-refractivity contribution is 0.0811. The lowest BCUT2D eigenvalue weighted by Crippen LogP contribution is -2.45. The number of rotatable bonds is 17. The van der Waals surface area contributed by atoms with Crippen molar-refractivity contribution < 1.29 is 15.0 Å². The Morgan fingerprint density at radius 1 is 0.931 bits per heavy atom. The Balaban J connectivity index is 2.09. The fraction of sp³-hybridized carbons (Fsp3) is 0.640. The maximum Gasteiger partial charge on any atom is 0.251 e. The Bertz CT molecular complexity index is 544. The van der Waals surface area contributed by atoms with E-state index < -0.39 is 12.1 Å². The van der Waals surface area contributed by atoms with Gasteiger partial charge in [-0.2, -0.15) is 0 Å². The quantitative estimate of drug-likeness (QED) is 0.241. The number of aliphatic hydroxyl groups excluding tert-OH is 2. The highest BCUT2D eigenvalue weighted by Gasteiger charge is 2.18. The van der Waals surface area contributed by atoms with Gasteiger partial charge in [-0.3, -0.25) is 4.79 Å². The molecular weight excluding hydrogens is 362 g/mol. The molecule has 4 nitrogen and oxygen atoms in total. The third-order valence-electron chi connectivity index (χ3n) is 5.27. The van der Waals surface area contributed by atoms with E-state index in [1.54, 1.807) is 30.3 Å². The van der Waals surface area contributed by atoms with Gasteiger partial charge in [0.25, 0.3) is 5.91 Å². The monoisotopic (exact) mass is 403 g/mol. The lowest BCUT2D eigenvalue weighted by Gasteiger charge is -2.19. The van der Waals surface area contributed by atoms with Gasteiger partial charge < -0.3 is 15.5 Å². The average Bonchev–Trinajstić information content (AvgIpc) is 2.75. The highest BCUT2D eigenvalue weighted by atomic mass is 16.3. The summed E-state index contributed by atoms with van der Waals surface area (Å²) >= 11 is 0. The largest absolute Gasteiger partial charge is 0.394 e. The molecule has 1 aromatic carbocycles. The number of allylic oxidation sites excluding steroid dienone is 1. The second kappa shape index (κ2) is 17.2. The first kappa shape index (κ1) is 25.4. The highest BCUT2D eigenvalue weighted by molar-refractivity contribution is 5.94. The zero-order chi connectivity index (χ0) is 21.2. The molecule has 1 rings (SSSR count). The number of carbonyl (C=O) groups excluding carboxylic acids is 1. The van der Waals surface area contributed by atoms with Crippen molar-refractivity contribution in [1.29, 1.82) is 0 Å². The zero-order valence-electron chi connectivity index (χ0n) is 18.2. The van der Waals surface area contributed by atoms with Gasteiger partial charge in [0.15, 0.2) is 0 Å². The maximum atomic E-state index is 12.1. The molecule has 1 amide bonds. The van der Waals surface area contributed by atoms with E-state index >= 15 is 0 Å². The Kier molecular flexibility index (Phi) is 15.1. The molecule has 0 spiro atoms. The van der Waals surface area contributed by atoms with Crippen LogP contribution in [0.25, 0.3) is 0 Å². The van der Waals surface area contributed by atoms with Crippen molar-refractivity contribution >= 4 is 5.91 Å². The van der Waals surface area contributed by atoms with Crippen LogP contribution in [0.2, 0.25) is 0 Å². The minimum atomic E-state index is -0.889. The molecule has 0 heterocycles. The Morgan fingerprint density at radius 3 is 2.03 bits per heavy atom. The van der Waals surface area contributed by atoms with Crippen LogP contribution < -0.4 is 5.32 Å². The molecule has 2 atom stereocenters. The van der Waals surface area contributed by atoms with Gasteiger partial charge in [0.1, 0.15) is 0 Å². The van der Waals surface area contributed by atoms with Crippen LogP contribution in [0.15, 0.2) is 42.5 Å². The first-order valence-electron chi connectivity index (χ1n) is 11.5. The predicted molar refractivity (Wildman–Crippen MR) is 121 cm³/mol. The van der Waals surface area contributed by atoms with Gasteiger partial charge in [-0.1, -0.05) is 101 Å². The molecule has 0 fully saturated rings. The molecular formula is C25H41NO3. The molecule has 29 heavy (non-hydrogen) atoms. The van der Waals surface area contributed by atoms with Gasteiger partial charge >= 0.3 is 0 Å². The lowest BCUT2D eigenvalue weighted by atomic mass is 10.0. The van der Waals surface area contributed by atoms with E-state index in [0.717, 1.165) is 12.8 Å². The van der Waals surface area contributed by atoms with Crippen molar-refractivity contribution in [3.63, 3.8) is 0 Å². The van der Waals surface area contributed by atoms with E-state index in [9.17, 15) is 15.0 Å². The van der Waals surface area contributed by atoms with Gasteiger partial charge in [0.2, 0.25) is 0 Å². The molecule has 164 valence electrons. The fourth-order valence-corrected chi connectivity index (χ4v) is 3.38. The van der Waals surface area contributed by atoms with Crippen molar-refractivity contribution in [3.8, 4) is 0 Å². The van der Waals surface area contributed by atoms with Crippen LogP contribution in [0.5, 0.6) is 0 Å². The summed E-state index contributed by atoms with van der Waals surface area (Å²) < 4.78 is 0. The van der Waals surface area contributed by atoms with E-state index in [-0.39, 0.29) is 12.5 Å². The number of unbranched alkanes of at least 4 members (excludes halogenated alkanes) is 11. The van der Waals surface area contributed by atoms with Crippen molar-refractivity contribution in [2.75, 3.05) is 6.61 Å². The summed E-state index contributed by atoms with van der Waals surface area (Å²) in [5, 5.41) is 22.4. The zero-order valence-corrected chi connectivity index (χ0v) is 18.2. The molecule has 0 aliphatic rings. The molecule has 0 saturated heterocycles. The Hall–Kier alpha value is -1.65. The van der Waals surface area contributed by atoms with Gasteiger partial charge in [0.05, 0.1) is 18.8 Å². The normalized spacial score (nSPS) is 13.5. The van der Waals surface area contributed by atoms with Gasteiger partial charge in [0, 0.05) is 5.56 Å². The SMILES string of the molecule is CCCCCCCCCCCCC/C=C/[C@@H](O)[C@H](CO)NC(=O)c1ccccc1. The molecule has 3 N–H and O–H groups in total. The minimum Gasteiger partial charge on any atom is -0.394 e. The highest BCUT2D eigenvalue weighted by Crippen LogP contribution is 2.12. The third kappa shape index (κ3) is 12.5. The molecule has 0 aliphatic carbocycles. The summed E-state index contributed by atoms with van der Waals surface area (Å²) in [6, 6.07) is 8.12. The number of benzene rings is 1. The summed E-state index contributed by atoms with van der Waals surface area (Å²) in [6.45, 7) is 1.95. The molecule has 0 unspecified atom stereocenters. The Labute approximate surface area is 177 Å². The first-order chi connectivity index (χ1) is 14.2. The molecule has 0 aliphatic heterocycles. The van der Waals surface area contributed by atoms with E-state index in [1.165, 1.54) is 64.2 Å². The second-order valence-corrected chi connectivity index (χ2v) is 7.87.